The van der Waals surface area contributed by atoms with Crippen molar-refractivity contribution in [3.63, 3.8) is 0 Å². The molecule has 0 aliphatic heterocycles. The third-order valence-electron chi connectivity index (χ3n) is 1.91. The first-order valence-electron chi connectivity index (χ1n) is 4.42. The average Bonchev–Trinajstić information content (AvgIpc) is 2.28. The molecule has 0 aliphatic rings. The zero-order valence-corrected chi connectivity index (χ0v) is 11.8. The van der Waals surface area contributed by atoms with Crippen molar-refractivity contribution >= 4 is 35.6 Å². The van der Waals surface area contributed by atoms with Gasteiger partial charge in [-0.2, -0.15) is 0 Å². The molecule has 0 amide bonds. The highest BCUT2D eigenvalue weighted by Crippen LogP contribution is 2.28. The van der Waals surface area contributed by atoms with E-state index >= 15 is 0 Å². The molecule has 5 nitrogen and oxygen atoms in total. The number of rotatable bonds is 3. The molecular weight excluding hydrogens is 321 g/mol. The second-order valence-electron chi connectivity index (χ2n) is 2.80. The Hall–Kier alpha value is -1.18. The Morgan fingerprint density at radius 2 is 2.00 bits per heavy atom. The Morgan fingerprint density at radius 3 is 2.50 bits per heavy atom. The van der Waals surface area contributed by atoms with Gasteiger partial charge in [-0.3, -0.25) is 4.99 Å². The molecule has 1 aromatic rings. The summed E-state index contributed by atoms with van der Waals surface area (Å²) in [5, 5.41) is 2.91. The monoisotopic (exact) mass is 337 g/mol. The minimum atomic E-state index is 0. The number of methoxy groups -OCH3 is 2. The fourth-order valence-corrected chi connectivity index (χ4v) is 1.11. The van der Waals surface area contributed by atoms with E-state index in [-0.39, 0.29) is 24.0 Å². The lowest BCUT2D eigenvalue weighted by Crippen LogP contribution is -2.22. The van der Waals surface area contributed by atoms with Crippen LogP contribution in [0.15, 0.2) is 23.2 Å². The zero-order valence-electron chi connectivity index (χ0n) is 9.48. The van der Waals surface area contributed by atoms with Crippen molar-refractivity contribution in [3.05, 3.63) is 18.2 Å². The Bertz CT molecular complexity index is 369. The summed E-state index contributed by atoms with van der Waals surface area (Å²) in [6.45, 7) is 0. The summed E-state index contributed by atoms with van der Waals surface area (Å²) in [6.07, 6.45) is 0. The summed E-state index contributed by atoms with van der Waals surface area (Å²) in [6, 6.07) is 5.39. The molecule has 0 saturated heterocycles. The van der Waals surface area contributed by atoms with Crippen LogP contribution in [0.4, 0.5) is 5.69 Å². The normalized spacial score (nSPS) is 10.3. The van der Waals surface area contributed by atoms with Gasteiger partial charge in [-0.05, 0) is 12.1 Å². The van der Waals surface area contributed by atoms with Crippen molar-refractivity contribution in [1.82, 2.24) is 0 Å². The van der Waals surface area contributed by atoms with Crippen LogP contribution in [0.5, 0.6) is 11.5 Å². The van der Waals surface area contributed by atoms with Crippen molar-refractivity contribution in [2.45, 2.75) is 0 Å². The van der Waals surface area contributed by atoms with Gasteiger partial charge in [-0.15, -0.1) is 24.0 Å². The number of nitrogens with one attached hydrogen (secondary N) is 1. The predicted molar refractivity (Wildman–Crippen MR) is 76.1 cm³/mol. The van der Waals surface area contributed by atoms with Gasteiger partial charge < -0.3 is 20.5 Å². The molecule has 90 valence electrons. The second-order valence-corrected chi connectivity index (χ2v) is 2.80. The van der Waals surface area contributed by atoms with Crippen LogP contribution < -0.4 is 20.5 Å². The van der Waals surface area contributed by atoms with E-state index in [1.165, 1.54) is 0 Å². The molecule has 16 heavy (non-hydrogen) atoms. The van der Waals surface area contributed by atoms with E-state index in [1.807, 2.05) is 6.07 Å². The largest absolute Gasteiger partial charge is 0.497 e. The van der Waals surface area contributed by atoms with Crippen molar-refractivity contribution < 1.29 is 9.47 Å². The molecule has 0 unspecified atom stereocenters. The molecule has 0 aromatic heterocycles. The lowest BCUT2D eigenvalue weighted by Gasteiger charge is -2.11. The number of guanidine groups is 1. The number of benzene rings is 1. The molecular formula is C10H16IN3O2. The Kier molecular flexibility index (Phi) is 6.63. The van der Waals surface area contributed by atoms with E-state index in [0.29, 0.717) is 11.7 Å². The highest BCUT2D eigenvalue weighted by atomic mass is 127. The molecule has 3 N–H and O–H groups in total. The van der Waals surface area contributed by atoms with E-state index in [0.717, 1.165) is 11.4 Å². The Labute approximate surface area is 112 Å². The minimum Gasteiger partial charge on any atom is -0.497 e. The lowest BCUT2D eigenvalue weighted by atomic mass is 10.2. The maximum atomic E-state index is 5.56. The first-order chi connectivity index (χ1) is 7.21. The van der Waals surface area contributed by atoms with Gasteiger partial charge in [0.15, 0.2) is 5.96 Å². The van der Waals surface area contributed by atoms with Crippen molar-refractivity contribution in [1.29, 1.82) is 0 Å². The Balaban J connectivity index is 0.00000225. The van der Waals surface area contributed by atoms with Crippen LogP contribution in [0.1, 0.15) is 0 Å². The van der Waals surface area contributed by atoms with E-state index in [2.05, 4.69) is 10.3 Å². The van der Waals surface area contributed by atoms with Gasteiger partial charge in [-0.1, -0.05) is 0 Å². The van der Waals surface area contributed by atoms with Crippen LogP contribution in [0, 0.1) is 0 Å². The van der Waals surface area contributed by atoms with Crippen LogP contribution >= 0.6 is 24.0 Å². The maximum absolute atomic E-state index is 5.56. The average molecular weight is 337 g/mol. The van der Waals surface area contributed by atoms with E-state index < -0.39 is 0 Å². The summed E-state index contributed by atoms with van der Waals surface area (Å²) < 4.78 is 10.3. The van der Waals surface area contributed by atoms with Gasteiger partial charge in [0, 0.05) is 13.1 Å². The van der Waals surface area contributed by atoms with E-state index in [9.17, 15) is 0 Å². The number of nitrogens with zero attached hydrogens (tertiary/aromatic N) is 1. The van der Waals surface area contributed by atoms with Gasteiger partial charge in [0.05, 0.1) is 19.9 Å². The van der Waals surface area contributed by atoms with Crippen LogP contribution in [0.3, 0.4) is 0 Å². The molecule has 0 aliphatic carbocycles. The van der Waals surface area contributed by atoms with Crippen molar-refractivity contribution in [2.75, 3.05) is 26.6 Å². The number of hydrogen-bond donors (Lipinski definition) is 2. The maximum Gasteiger partial charge on any atom is 0.192 e. The summed E-state index contributed by atoms with van der Waals surface area (Å²) in [5.41, 5.74) is 6.28. The minimum absolute atomic E-state index is 0. The number of nitrogens with two attached hydrogens (primary N) is 1. The molecule has 0 radical (unpaired) electrons. The number of ether oxygens (including phenoxy) is 2. The second kappa shape index (κ2) is 7.15. The summed E-state index contributed by atoms with van der Waals surface area (Å²) in [4.78, 5) is 3.80. The number of halogens is 1. The summed E-state index contributed by atoms with van der Waals surface area (Å²) in [5.74, 6) is 1.73. The van der Waals surface area contributed by atoms with Gasteiger partial charge in [0.25, 0.3) is 0 Å². The molecule has 1 rings (SSSR count). The third kappa shape index (κ3) is 3.76. The molecule has 0 spiro atoms. The molecule has 0 bridgehead atoms. The fourth-order valence-electron chi connectivity index (χ4n) is 1.11. The molecule has 0 fully saturated rings. The van der Waals surface area contributed by atoms with Gasteiger partial charge >= 0.3 is 0 Å². The lowest BCUT2D eigenvalue weighted by molar-refractivity contribution is 0.405. The predicted octanol–water partition coefficient (Wildman–Crippen LogP) is 1.68. The molecule has 0 saturated carbocycles. The quantitative estimate of drug-likeness (QED) is 0.500. The van der Waals surface area contributed by atoms with Crippen molar-refractivity contribution in [3.8, 4) is 11.5 Å². The number of aliphatic imine (C=N–C) groups is 1. The van der Waals surface area contributed by atoms with Crippen LogP contribution in [0.2, 0.25) is 0 Å². The molecule has 0 atom stereocenters. The first-order valence-corrected chi connectivity index (χ1v) is 4.42. The first kappa shape index (κ1) is 14.8. The Morgan fingerprint density at radius 1 is 1.31 bits per heavy atom. The fraction of sp³-hybridized carbons (Fsp3) is 0.300. The van der Waals surface area contributed by atoms with Gasteiger partial charge in [0.2, 0.25) is 0 Å². The van der Waals surface area contributed by atoms with Gasteiger partial charge in [-0.25, -0.2) is 0 Å². The molecule has 1 aromatic carbocycles. The van der Waals surface area contributed by atoms with E-state index in [4.69, 9.17) is 15.2 Å². The summed E-state index contributed by atoms with van der Waals surface area (Å²) in [7, 11) is 4.80. The van der Waals surface area contributed by atoms with Crippen LogP contribution in [-0.2, 0) is 0 Å². The third-order valence-corrected chi connectivity index (χ3v) is 1.91. The topological polar surface area (TPSA) is 68.9 Å². The van der Waals surface area contributed by atoms with Crippen molar-refractivity contribution in [2.24, 2.45) is 10.7 Å². The molecule has 6 heteroatoms. The van der Waals surface area contributed by atoms with Crippen LogP contribution in [-0.4, -0.2) is 27.2 Å². The smallest absolute Gasteiger partial charge is 0.192 e. The SMILES string of the molecule is CN=C(N)Nc1cc(OC)ccc1OC.I. The van der Waals surface area contributed by atoms with E-state index in [1.54, 1.807) is 33.4 Å². The zero-order chi connectivity index (χ0) is 11.3. The van der Waals surface area contributed by atoms with Gasteiger partial charge in [0.1, 0.15) is 11.5 Å². The highest BCUT2D eigenvalue weighted by molar-refractivity contribution is 14.0. The molecule has 0 heterocycles. The number of hydrogen-bond acceptors (Lipinski definition) is 3. The highest BCUT2D eigenvalue weighted by Gasteiger charge is 2.05. The summed E-state index contributed by atoms with van der Waals surface area (Å²) >= 11 is 0. The number of anilines is 1. The standard InChI is InChI=1S/C10H15N3O2.HI/c1-12-10(11)13-8-6-7(14-2)4-5-9(8)15-3;/h4-6H,1-3H3,(H3,11,12,13);1H. The van der Waals surface area contributed by atoms with Crippen LogP contribution in [0.25, 0.3) is 0 Å².